The van der Waals surface area contributed by atoms with Gasteiger partial charge in [0.1, 0.15) is 12.2 Å². The highest BCUT2D eigenvalue weighted by atomic mass is 32.3. The van der Waals surface area contributed by atoms with Crippen molar-refractivity contribution in [2.45, 2.75) is 30.7 Å². The summed E-state index contributed by atoms with van der Waals surface area (Å²) < 4.78 is 37.3. The van der Waals surface area contributed by atoms with Gasteiger partial charge in [-0.15, -0.1) is 0 Å². The number of carboxylic acids is 1. The quantitative estimate of drug-likeness (QED) is 0.328. The molecule has 1 rings (SSSR count). The second kappa shape index (κ2) is 4.81. The van der Waals surface area contributed by atoms with Crippen LogP contribution in [-0.4, -0.2) is 70.1 Å². The van der Waals surface area contributed by atoms with E-state index < -0.39 is 47.1 Å². The zero-order valence-corrected chi connectivity index (χ0v) is 8.89. The summed E-state index contributed by atoms with van der Waals surface area (Å²) in [6, 6.07) is 0. The van der Waals surface area contributed by atoms with Gasteiger partial charge in [0.25, 0.3) is 0 Å². The Labute approximate surface area is 95.0 Å². The Morgan fingerprint density at radius 2 is 1.71 bits per heavy atom. The largest absolute Gasteiger partial charge is 0.479 e. The lowest BCUT2D eigenvalue weighted by molar-refractivity contribution is -0.274. The third-order valence-electron chi connectivity index (χ3n) is 2.04. The van der Waals surface area contributed by atoms with Crippen molar-refractivity contribution in [1.82, 2.24) is 0 Å². The zero-order valence-electron chi connectivity index (χ0n) is 8.07. The first-order valence-electron chi connectivity index (χ1n) is 4.21. The lowest BCUT2D eigenvalue weighted by atomic mass is 9.99. The van der Waals surface area contributed by atoms with E-state index in [0.29, 0.717) is 0 Å². The number of aliphatic hydroxyl groups is 3. The number of aliphatic carboxylic acids is 1. The molecule has 10 nitrogen and oxygen atoms in total. The molecule has 11 heteroatoms. The molecule has 1 aliphatic heterocycles. The Morgan fingerprint density at radius 3 is 2.12 bits per heavy atom. The maximum atomic E-state index is 10.5. The van der Waals surface area contributed by atoms with Gasteiger partial charge in [-0.25, -0.2) is 8.98 Å². The summed E-state index contributed by atoms with van der Waals surface area (Å²) in [4.78, 5) is 10.5. The molecule has 0 aliphatic carbocycles. The van der Waals surface area contributed by atoms with Crippen molar-refractivity contribution in [3.05, 3.63) is 0 Å². The zero-order chi connectivity index (χ0) is 13.4. The fourth-order valence-electron chi connectivity index (χ4n) is 1.30. The van der Waals surface area contributed by atoms with Crippen molar-refractivity contribution in [3.63, 3.8) is 0 Å². The summed E-state index contributed by atoms with van der Waals surface area (Å²) in [6.07, 6.45) is -10.2. The minimum Gasteiger partial charge on any atom is -0.479 e. The van der Waals surface area contributed by atoms with E-state index in [-0.39, 0.29) is 0 Å². The van der Waals surface area contributed by atoms with Gasteiger partial charge in [-0.3, -0.25) is 4.55 Å². The van der Waals surface area contributed by atoms with Crippen LogP contribution in [0.5, 0.6) is 0 Å². The first-order chi connectivity index (χ1) is 7.63. The van der Waals surface area contributed by atoms with Crippen molar-refractivity contribution >= 4 is 16.4 Å². The van der Waals surface area contributed by atoms with Crippen molar-refractivity contribution < 1.29 is 47.1 Å². The summed E-state index contributed by atoms with van der Waals surface area (Å²) >= 11 is 0. The van der Waals surface area contributed by atoms with Crippen LogP contribution < -0.4 is 0 Å². The first-order valence-corrected chi connectivity index (χ1v) is 5.58. The number of ether oxygens (including phenoxy) is 1. The standard InChI is InChI=1S/C6H10O10S/c7-1-2(8)4(16-17(12,13)14)6(11)15-3(1)5(9)10/h1-4,6-8,11H,(H,9,10)(H,12,13,14)/t1-,2-,3?,4?,6+/m0/s1. The van der Waals surface area contributed by atoms with Gasteiger partial charge in [0.2, 0.25) is 0 Å². The normalized spacial score (nSPS) is 38.9. The molecule has 0 spiro atoms. The Morgan fingerprint density at radius 1 is 1.18 bits per heavy atom. The number of rotatable bonds is 3. The molecule has 1 fully saturated rings. The molecular formula is C6H10O10S. The third kappa shape index (κ3) is 3.32. The molecule has 0 saturated carbocycles. The predicted molar refractivity (Wildman–Crippen MR) is 47.0 cm³/mol. The van der Waals surface area contributed by atoms with Gasteiger partial charge in [-0.1, -0.05) is 0 Å². The molecule has 5 N–H and O–H groups in total. The number of carbonyl (C=O) groups is 1. The van der Waals surface area contributed by atoms with Crippen molar-refractivity contribution in [2.75, 3.05) is 0 Å². The van der Waals surface area contributed by atoms with E-state index in [2.05, 4.69) is 8.92 Å². The SMILES string of the molecule is O=C(O)C1O[C@@H](O)C(OS(=O)(=O)O)[C@@H](O)[C@@H]1O. The van der Waals surface area contributed by atoms with Crippen LogP contribution in [-0.2, 0) is 24.1 Å². The Balaban J connectivity index is 2.87. The highest BCUT2D eigenvalue weighted by Crippen LogP contribution is 2.23. The van der Waals surface area contributed by atoms with E-state index in [4.69, 9.17) is 9.66 Å². The lowest BCUT2D eigenvalue weighted by Crippen LogP contribution is -2.60. The summed E-state index contributed by atoms with van der Waals surface area (Å²) in [5.74, 6) is -1.67. The molecule has 17 heavy (non-hydrogen) atoms. The number of hydrogen-bond donors (Lipinski definition) is 5. The number of carboxylic acid groups (broad SMARTS) is 1. The molecule has 0 radical (unpaired) electrons. The highest BCUT2D eigenvalue weighted by Gasteiger charge is 2.49. The van der Waals surface area contributed by atoms with Gasteiger partial charge < -0.3 is 25.2 Å². The predicted octanol–water partition coefficient (Wildman–Crippen LogP) is -3.30. The highest BCUT2D eigenvalue weighted by molar-refractivity contribution is 7.80. The van der Waals surface area contributed by atoms with Gasteiger partial charge in [-0.05, 0) is 0 Å². The molecular weight excluding hydrogens is 264 g/mol. The van der Waals surface area contributed by atoms with Crippen molar-refractivity contribution in [2.24, 2.45) is 0 Å². The Kier molecular flexibility index (Phi) is 4.03. The smallest absolute Gasteiger partial charge is 0.397 e. The average molecular weight is 274 g/mol. The molecule has 1 aliphatic rings. The van der Waals surface area contributed by atoms with Crippen molar-refractivity contribution in [1.29, 1.82) is 0 Å². The van der Waals surface area contributed by atoms with Crippen LogP contribution in [0.15, 0.2) is 0 Å². The fourth-order valence-corrected chi connectivity index (χ4v) is 1.79. The topological polar surface area (TPSA) is 171 Å². The van der Waals surface area contributed by atoms with E-state index in [1.54, 1.807) is 0 Å². The van der Waals surface area contributed by atoms with Gasteiger partial charge in [0, 0.05) is 0 Å². The molecule has 2 unspecified atom stereocenters. The van der Waals surface area contributed by atoms with E-state index in [1.165, 1.54) is 0 Å². The first kappa shape index (κ1) is 14.2. The average Bonchev–Trinajstić information content (AvgIpc) is 2.16. The van der Waals surface area contributed by atoms with Crippen LogP contribution >= 0.6 is 0 Å². The van der Waals surface area contributed by atoms with E-state index >= 15 is 0 Å². The van der Waals surface area contributed by atoms with Gasteiger partial charge >= 0.3 is 16.4 Å². The second-order valence-electron chi connectivity index (χ2n) is 3.26. The van der Waals surface area contributed by atoms with E-state index in [9.17, 15) is 28.5 Å². The van der Waals surface area contributed by atoms with Crippen molar-refractivity contribution in [3.8, 4) is 0 Å². The molecule has 0 aromatic carbocycles. The van der Waals surface area contributed by atoms with Gasteiger partial charge in [0.15, 0.2) is 18.5 Å². The van der Waals surface area contributed by atoms with Crippen LogP contribution in [0, 0.1) is 0 Å². The molecule has 1 heterocycles. The maximum Gasteiger partial charge on any atom is 0.397 e. The minimum atomic E-state index is -5.01. The monoisotopic (exact) mass is 274 g/mol. The molecule has 1 saturated heterocycles. The number of hydrogen-bond acceptors (Lipinski definition) is 8. The molecule has 5 atom stereocenters. The van der Waals surface area contributed by atoms with Gasteiger partial charge in [0.05, 0.1) is 0 Å². The Hall–Kier alpha value is -0.820. The fraction of sp³-hybridized carbons (Fsp3) is 0.833. The lowest BCUT2D eigenvalue weighted by Gasteiger charge is -2.37. The Bertz CT molecular complexity index is 390. The van der Waals surface area contributed by atoms with Crippen LogP contribution in [0.4, 0.5) is 0 Å². The molecule has 100 valence electrons. The molecule has 0 aromatic rings. The van der Waals surface area contributed by atoms with E-state index in [1.807, 2.05) is 0 Å². The minimum absolute atomic E-state index is 1.67. The maximum absolute atomic E-state index is 10.5. The van der Waals surface area contributed by atoms with Crippen LogP contribution in [0.1, 0.15) is 0 Å². The van der Waals surface area contributed by atoms with Crippen LogP contribution in [0.25, 0.3) is 0 Å². The molecule has 0 bridgehead atoms. The molecule has 0 aromatic heterocycles. The van der Waals surface area contributed by atoms with Crippen LogP contribution in [0.3, 0.4) is 0 Å². The summed E-state index contributed by atoms with van der Waals surface area (Å²) in [7, 11) is -5.01. The second-order valence-corrected chi connectivity index (χ2v) is 4.30. The van der Waals surface area contributed by atoms with Gasteiger partial charge in [-0.2, -0.15) is 8.42 Å². The molecule has 0 amide bonds. The third-order valence-corrected chi connectivity index (χ3v) is 2.51. The van der Waals surface area contributed by atoms with E-state index in [0.717, 1.165) is 0 Å². The summed E-state index contributed by atoms with van der Waals surface area (Å²) in [5, 5.41) is 36.3. The summed E-state index contributed by atoms with van der Waals surface area (Å²) in [6.45, 7) is 0. The van der Waals surface area contributed by atoms with Crippen LogP contribution in [0.2, 0.25) is 0 Å². The summed E-state index contributed by atoms with van der Waals surface area (Å²) in [5.41, 5.74) is 0. The number of aliphatic hydroxyl groups excluding tert-OH is 3.